The van der Waals surface area contributed by atoms with E-state index >= 15 is 0 Å². The topological polar surface area (TPSA) is 75.8 Å². The Balaban J connectivity index is 1.51. The molecule has 2 aromatic rings. The van der Waals surface area contributed by atoms with Crippen molar-refractivity contribution in [3.63, 3.8) is 0 Å². The number of aryl methyl sites for hydroxylation is 1. The van der Waals surface area contributed by atoms with Crippen LogP contribution in [0.2, 0.25) is 0 Å². The molecule has 1 aliphatic heterocycles. The first kappa shape index (κ1) is 16.5. The van der Waals surface area contributed by atoms with Crippen molar-refractivity contribution < 1.29 is 19.1 Å². The molecule has 1 saturated heterocycles. The molecule has 0 unspecified atom stereocenters. The van der Waals surface area contributed by atoms with E-state index in [2.05, 4.69) is 4.98 Å². The number of hydrogen-bond acceptors (Lipinski definition) is 5. The number of para-hydroxylation sites is 1. The number of hydrogen-bond donors (Lipinski definition) is 1. The third kappa shape index (κ3) is 2.55. The number of nitrogens with zero attached hydrogens (tertiary/aromatic N) is 2. The minimum Gasteiger partial charge on any atom is -0.441 e. The van der Waals surface area contributed by atoms with Crippen LogP contribution in [0.1, 0.15) is 42.4 Å². The third-order valence-corrected chi connectivity index (χ3v) is 5.85. The first-order valence-corrected chi connectivity index (χ1v) is 9.00. The van der Waals surface area contributed by atoms with Crippen molar-refractivity contribution in [1.82, 2.24) is 9.88 Å². The summed E-state index contributed by atoms with van der Waals surface area (Å²) < 4.78 is 11.3. The molecule has 134 valence electrons. The molecular weight excluding hydrogens is 320 g/mol. The summed E-state index contributed by atoms with van der Waals surface area (Å²) >= 11 is 0. The number of carbonyl (C=O) groups is 1. The highest BCUT2D eigenvalue weighted by molar-refractivity contribution is 6.04. The Labute approximate surface area is 146 Å². The van der Waals surface area contributed by atoms with Crippen molar-refractivity contribution >= 4 is 17.0 Å². The first-order chi connectivity index (χ1) is 12.0. The van der Waals surface area contributed by atoms with Crippen molar-refractivity contribution in [3.8, 4) is 0 Å². The summed E-state index contributed by atoms with van der Waals surface area (Å²) in [5.74, 6) is 0.542. The Morgan fingerprint density at radius 2 is 2.20 bits per heavy atom. The fourth-order valence-corrected chi connectivity index (χ4v) is 4.35. The second kappa shape index (κ2) is 6.11. The maximum absolute atomic E-state index is 13.0. The van der Waals surface area contributed by atoms with Gasteiger partial charge in [0.25, 0.3) is 5.91 Å². The summed E-state index contributed by atoms with van der Waals surface area (Å²) in [6, 6.07) is 5.46. The molecule has 2 aliphatic rings. The molecule has 1 aliphatic carbocycles. The van der Waals surface area contributed by atoms with Gasteiger partial charge < -0.3 is 19.2 Å². The van der Waals surface area contributed by atoms with Gasteiger partial charge in [0.05, 0.1) is 17.8 Å². The average Bonchev–Trinajstić information content (AvgIpc) is 3.01. The van der Waals surface area contributed by atoms with Gasteiger partial charge in [-0.15, -0.1) is 0 Å². The van der Waals surface area contributed by atoms with E-state index in [1.54, 1.807) is 13.0 Å². The number of amides is 1. The van der Waals surface area contributed by atoms with E-state index in [0.29, 0.717) is 48.7 Å². The standard InChI is InChI=1S/C19H24N2O4/c1-3-24-16-11-15(22)19(16)7-9-21(10-8-19)18(23)13-5-4-6-14-17(13)20-12(2)25-14/h4-6,15-16,22H,3,7-11H2,1-2H3/t15-,16+/m1/s1. The van der Waals surface area contributed by atoms with Crippen LogP contribution in [0.25, 0.3) is 11.1 Å². The van der Waals surface area contributed by atoms with Gasteiger partial charge in [-0.2, -0.15) is 0 Å². The normalized spacial score (nSPS) is 25.3. The number of piperidine rings is 1. The van der Waals surface area contributed by atoms with Crippen molar-refractivity contribution in [2.45, 2.75) is 45.3 Å². The largest absolute Gasteiger partial charge is 0.441 e. The number of aromatic nitrogens is 1. The molecule has 1 saturated carbocycles. The number of likely N-dealkylation sites (tertiary alicyclic amines) is 1. The molecule has 1 spiro atoms. The molecular formula is C19H24N2O4. The van der Waals surface area contributed by atoms with E-state index in [1.165, 1.54) is 0 Å². The van der Waals surface area contributed by atoms with Gasteiger partial charge in [0.1, 0.15) is 5.52 Å². The molecule has 1 aromatic carbocycles. The molecule has 1 N–H and O–H groups in total. The number of aliphatic hydroxyl groups is 1. The number of benzene rings is 1. The quantitative estimate of drug-likeness (QED) is 0.926. The van der Waals surface area contributed by atoms with Gasteiger partial charge in [0, 0.05) is 38.5 Å². The predicted molar refractivity (Wildman–Crippen MR) is 92.4 cm³/mol. The summed E-state index contributed by atoms with van der Waals surface area (Å²) in [6.07, 6.45) is 2.06. The number of rotatable bonds is 3. The minimum atomic E-state index is -0.317. The number of ether oxygens (including phenoxy) is 1. The lowest BCUT2D eigenvalue weighted by Gasteiger charge is -2.56. The van der Waals surface area contributed by atoms with Gasteiger partial charge in [-0.3, -0.25) is 4.79 Å². The van der Waals surface area contributed by atoms with Crippen LogP contribution >= 0.6 is 0 Å². The predicted octanol–water partition coefficient (Wildman–Crippen LogP) is 2.53. The zero-order valence-corrected chi connectivity index (χ0v) is 14.7. The molecule has 25 heavy (non-hydrogen) atoms. The van der Waals surface area contributed by atoms with Crippen molar-refractivity contribution in [1.29, 1.82) is 0 Å². The van der Waals surface area contributed by atoms with E-state index in [1.807, 2.05) is 24.0 Å². The van der Waals surface area contributed by atoms with Crippen LogP contribution in [-0.2, 0) is 4.74 Å². The van der Waals surface area contributed by atoms with Gasteiger partial charge in [0.15, 0.2) is 11.5 Å². The maximum Gasteiger partial charge on any atom is 0.256 e. The van der Waals surface area contributed by atoms with Gasteiger partial charge in [-0.05, 0) is 31.9 Å². The minimum absolute atomic E-state index is 0.0180. The number of aliphatic hydroxyl groups excluding tert-OH is 1. The Morgan fingerprint density at radius 1 is 1.44 bits per heavy atom. The Hall–Kier alpha value is -1.92. The van der Waals surface area contributed by atoms with E-state index in [4.69, 9.17) is 9.15 Å². The highest BCUT2D eigenvalue weighted by atomic mass is 16.5. The van der Waals surface area contributed by atoms with Crippen LogP contribution in [0.5, 0.6) is 0 Å². The smallest absolute Gasteiger partial charge is 0.256 e. The van der Waals surface area contributed by atoms with Gasteiger partial charge in [0.2, 0.25) is 0 Å². The third-order valence-electron chi connectivity index (χ3n) is 5.85. The highest BCUT2D eigenvalue weighted by Gasteiger charge is 2.56. The van der Waals surface area contributed by atoms with Crippen molar-refractivity contribution in [2.24, 2.45) is 5.41 Å². The molecule has 0 radical (unpaired) electrons. The molecule has 6 heteroatoms. The van der Waals surface area contributed by atoms with Crippen LogP contribution in [0, 0.1) is 12.3 Å². The SMILES string of the molecule is CCO[C@H]1C[C@@H](O)C12CCN(C(=O)c1cccc3oc(C)nc13)CC2. The van der Waals surface area contributed by atoms with E-state index in [0.717, 1.165) is 12.8 Å². The molecule has 1 aromatic heterocycles. The van der Waals surface area contributed by atoms with Crippen LogP contribution in [0.4, 0.5) is 0 Å². The fraction of sp³-hybridized carbons (Fsp3) is 0.579. The second-order valence-electron chi connectivity index (χ2n) is 7.11. The number of carbonyl (C=O) groups excluding carboxylic acids is 1. The van der Waals surface area contributed by atoms with E-state index in [-0.39, 0.29) is 23.5 Å². The fourth-order valence-electron chi connectivity index (χ4n) is 4.35. The molecule has 6 nitrogen and oxygen atoms in total. The lowest BCUT2D eigenvalue weighted by Crippen LogP contribution is -2.62. The molecule has 1 amide bonds. The zero-order valence-electron chi connectivity index (χ0n) is 14.7. The maximum atomic E-state index is 13.0. The summed E-state index contributed by atoms with van der Waals surface area (Å²) in [5.41, 5.74) is 1.67. The van der Waals surface area contributed by atoms with Gasteiger partial charge in [-0.25, -0.2) is 4.98 Å². The van der Waals surface area contributed by atoms with Crippen LogP contribution in [0.3, 0.4) is 0 Å². The summed E-state index contributed by atoms with van der Waals surface area (Å²) in [6.45, 7) is 5.69. The Morgan fingerprint density at radius 3 is 2.88 bits per heavy atom. The average molecular weight is 344 g/mol. The Bertz CT molecular complexity index is 790. The summed E-state index contributed by atoms with van der Waals surface area (Å²) in [7, 11) is 0. The van der Waals surface area contributed by atoms with Crippen molar-refractivity contribution in [2.75, 3.05) is 19.7 Å². The van der Waals surface area contributed by atoms with Crippen LogP contribution in [-0.4, -0.2) is 52.8 Å². The summed E-state index contributed by atoms with van der Waals surface area (Å²) in [4.78, 5) is 19.2. The molecule has 2 fully saturated rings. The Kier molecular flexibility index (Phi) is 4.04. The monoisotopic (exact) mass is 344 g/mol. The van der Waals surface area contributed by atoms with Gasteiger partial charge >= 0.3 is 0 Å². The summed E-state index contributed by atoms with van der Waals surface area (Å²) in [5, 5.41) is 10.3. The molecule has 2 atom stereocenters. The molecule has 2 heterocycles. The first-order valence-electron chi connectivity index (χ1n) is 9.00. The molecule has 4 rings (SSSR count). The number of fused-ring (bicyclic) bond motifs is 1. The van der Waals surface area contributed by atoms with Gasteiger partial charge in [-0.1, -0.05) is 6.07 Å². The lowest BCUT2D eigenvalue weighted by molar-refractivity contribution is -0.207. The van der Waals surface area contributed by atoms with E-state index in [9.17, 15) is 9.90 Å². The van der Waals surface area contributed by atoms with Crippen LogP contribution < -0.4 is 0 Å². The second-order valence-corrected chi connectivity index (χ2v) is 7.11. The zero-order chi connectivity index (χ0) is 17.6. The number of oxazole rings is 1. The van der Waals surface area contributed by atoms with E-state index < -0.39 is 0 Å². The molecule has 0 bridgehead atoms. The van der Waals surface area contributed by atoms with Crippen LogP contribution in [0.15, 0.2) is 22.6 Å². The highest BCUT2D eigenvalue weighted by Crippen LogP contribution is 2.51. The lowest BCUT2D eigenvalue weighted by atomic mass is 9.58. The van der Waals surface area contributed by atoms with Crippen molar-refractivity contribution in [3.05, 3.63) is 29.7 Å².